The Balaban J connectivity index is 1.66. The van der Waals surface area contributed by atoms with Crippen LogP contribution in [-0.2, 0) is 4.74 Å². The van der Waals surface area contributed by atoms with Crippen LogP contribution < -0.4 is 5.32 Å². The zero-order valence-corrected chi connectivity index (χ0v) is 13.3. The van der Waals surface area contributed by atoms with Crippen LogP contribution in [0.1, 0.15) is 40.8 Å². The second-order valence-electron chi connectivity index (χ2n) is 5.85. The highest BCUT2D eigenvalue weighted by molar-refractivity contribution is 6.08. The summed E-state index contributed by atoms with van der Waals surface area (Å²) in [6, 6.07) is 7.61. The van der Waals surface area contributed by atoms with E-state index in [1.54, 1.807) is 6.20 Å². The quantitative estimate of drug-likeness (QED) is 0.796. The topological polar surface area (TPSA) is 77.2 Å². The van der Waals surface area contributed by atoms with Crippen LogP contribution in [0.3, 0.4) is 0 Å². The molecule has 1 amide bonds. The second kappa shape index (κ2) is 6.05. The summed E-state index contributed by atoms with van der Waals surface area (Å²) in [5, 5.41) is 3.82. The van der Waals surface area contributed by atoms with Gasteiger partial charge in [0, 0.05) is 18.2 Å². The Labute approximate surface area is 138 Å². The molecule has 0 unspecified atom stereocenters. The fourth-order valence-electron chi connectivity index (χ4n) is 3.04. The van der Waals surface area contributed by atoms with Crippen LogP contribution in [0.25, 0.3) is 10.9 Å². The van der Waals surface area contributed by atoms with Crippen LogP contribution in [-0.4, -0.2) is 22.5 Å². The number of rotatable bonds is 3. The number of fused-ring (bicyclic) bond motifs is 1. The third kappa shape index (κ3) is 2.55. The third-order valence-corrected chi connectivity index (χ3v) is 4.25. The van der Waals surface area contributed by atoms with Crippen LogP contribution in [0.2, 0.25) is 0 Å². The van der Waals surface area contributed by atoms with Gasteiger partial charge in [0.05, 0.1) is 11.2 Å². The largest absolute Gasteiger partial charge is 0.445 e. The fraction of sp³-hybridized carbons (Fsp3) is 0.278. The van der Waals surface area contributed by atoms with Crippen molar-refractivity contribution >= 4 is 22.5 Å². The monoisotopic (exact) mass is 323 g/mol. The molecule has 1 aliphatic rings. The Bertz CT molecular complexity index is 897. The number of benzene rings is 1. The molecular formula is C18H17N3O3. The molecule has 0 aliphatic carbocycles. The molecule has 2 aromatic heterocycles. The molecule has 1 N–H and O–H groups in total. The minimum atomic E-state index is -0.303. The Morgan fingerprint density at radius 3 is 3.04 bits per heavy atom. The summed E-state index contributed by atoms with van der Waals surface area (Å²) >= 11 is 0. The van der Waals surface area contributed by atoms with Crippen LogP contribution in [0, 0.1) is 6.92 Å². The number of ether oxygens (including phenoxy) is 1. The first-order chi connectivity index (χ1) is 11.7. The first kappa shape index (κ1) is 14.8. The van der Waals surface area contributed by atoms with Crippen molar-refractivity contribution in [2.45, 2.75) is 25.9 Å². The number of oxazole rings is 1. The number of pyridine rings is 1. The molecule has 3 aromatic rings. The molecule has 1 aliphatic heterocycles. The standard InChI is InChI=1S/C18H17N3O3/c1-11-6-7-13(12-4-2-8-19-15(11)12)21-18(22)16-17(24-10-20-16)14-5-3-9-23-14/h2,4,6-8,10,14H,3,5,9H2,1H3,(H,21,22)/t14-/m1/s1. The number of carbonyl (C=O) groups is 1. The average Bonchev–Trinajstić information content (AvgIpc) is 3.28. The van der Waals surface area contributed by atoms with Crippen LogP contribution in [0.5, 0.6) is 0 Å². The maximum atomic E-state index is 12.7. The van der Waals surface area contributed by atoms with E-state index in [0.717, 1.165) is 29.3 Å². The molecule has 1 fully saturated rings. The predicted octanol–water partition coefficient (Wildman–Crippen LogP) is 3.64. The van der Waals surface area contributed by atoms with Gasteiger partial charge in [0.25, 0.3) is 5.91 Å². The van der Waals surface area contributed by atoms with E-state index < -0.39 is 0 Å². The lowest BCUT2D eigenvalue weighted by Gasteiger charge is -2.11. The summed E-state index contributed by atoms with van der Waals surface area (Å²) in [5.74, 6) is 0.197. The van der Waals surface area contributed by atoms with E-state index in [0.29, 0.717) is 18.1 Å². The highest BCUT2D eigenvalue weighted by Gasteiger charge is 2.28. The van der Waals surface area contributed by atoms with E-state index in [2.05, 4.69) is 15.3 Å². The van der Waals surface area contributed by atoms with Gasteiger partial charge in [-0.2, -0.15) is 0 Å². The van der Waals surface area contributed by atoms with Crippen molar-refractivity contribution in [2.24, 2.45) is 0 Å². The number of aromatic nitrogens is 2. The van der Waals surface area contributed by atoms with E-state index in [1.807, 2.05) is 31.2 Å². The summed E-state index contributed by atoms with van der Waals surface area (Å²) < 4.78 is 11.0. The van der Waals surface area contributed by atoms with E-state index in [4.69, 9.17) is 9.15 Å². The molecule has 6 heteroatoms. The van der Waals surface area contributed by atoms with Crippen molar-refractivity contribution in [3.8, 4) is 0 Å². The normalized spacial score (nSPS) is 17.3. The van der Waals surface area contributed by atoms with E-state index >= 15 is 0 Å². The molecule has 1 aromatic carbocycles. The van der Waals surface area contributed by atoms with Gasteiger partial charge >= 0.3 is 0 Å². The zero-order chi connectivity index (χ0) is 16.5. The Kier molecular flexibility index (Phi) is 3.74. The van der Waals surface area contributed by atoms with Crippen molar-refractivity contribution in [1.82, 2.24) is 9.97 Å². The highest BCUT2D eigenvalue weighted by atomic mass is 16.5. The Hall–Kier alpha value is -2.73. The smallest absolute Gasteiger partial charge is 0.278 e. The summed E-state index contributed by atoms with van der Waals surface area (Å²) in [4.78, 5) is 21.1. The molecule has 1 saturated heterocycles. The van der Waals surface area contributed by atoms with Crippen molar-refractivity contribution in [2.75, 3.05) is 11.9 Å². The van der Waals surface area contributed by atoms with Gasteiger partial charge in [0.1, 0.15) is 6.10 Å². The summed E-state index contributed by atoms with van der Waals surface area (Å²) in [5.41, 5.74) is 2.91. The molecule has 24 heavy (non-hydrogen) atoms. The minimum absolute atomic E-state index is 0.190. The average molecular weight is 323 g/mol. The van der Waals surface area contributed by atoms with Gasteiger partial charge < -0.3 is 14.5 Å². The number of anilines is 1. The number of aryl methyl sites for hydroxylation is 1. The first-order valence-electron chi connectivity index (χ1n) is 7.94. The molecule has 122 valence electrons. The molecule has 0 radical (unpaired) electrons. The lowest BCUT2D eigenvalue weighted by Crippen LogP contribution is -2.16. The highest BCUT2D eigenvalue weighted by Crippen LogP contribution is 2.31. The molecule has 6 nitrogen and oxygen atoms in total. The number of nitrogens with one attached hydrogen (secondary N) is 1. The zero-order valence-electron chi connectivity index (χ0n) is 13.3. The third-order valence-electron chi connectivity index (χ3n) is 4.25. The predicted molar refractivity (Wildman–Crippen MR) is 88.9 cm³/mol. The maximum Gasteiger partial charge on any atom is 0.278 e. The lowest BCUT2D eigenvalue weighted by molar-refractivity contribution is 0.0889. The Morgan fingerprint density at radius 2 is 2.21 bits per heavy atom. The van der Waals surface area contributed by atoms with Crippen LogP contribution in [0.4, 0.5) is 5.69 Å². The van der Waals surface area contributed by atoms with Gasteiger partial charge in [-0.25, -0.2) is 4.98 Å². The molecular weight excluding hydrogens is 306 g/mol. The molecule has 1 atom stereocenters. The minimum Gasteiger partial charge on any atom is -0.445 e. The number of nitrogens with zero attached hydrogens (tertiary/aromatic N) is 2. The van der Waals surface area contributed by atoms with Crippen molar-refractivity contribution in [3.63, 3.8) is 0 Å². The number of hydrogen-bond donors (Lipinski definition) is 1. The van der Waals surface area contributed by atoms with Gasteiger partial charge in [0.15, 0.2) is 17.8 Å². The van der Waals surface area contributed by atoms with Crippen molar-refractivity contribution in [3.05, 3.63) is 53.9 Å². The molecule has 3 heterocycles. The van der Waals surface area contributed by atoms with Gasteiger partial charge in [-0.05, 0) is 43.5 Å². The lowest BCUT2D eigenvalue weighted by atomic mass is 10.1. The second-order valence-corrected chi connectivity index (χ2v) is 5.85. The van der Waals surface area contributed by atoms with Crippen LogP contribution in [0.15, 0.2) is 41.3 Å². The fourth-order valence-corrected chi connectivity index (χ4v) is 3.04. The summed E-state index contributed by atoms with van der Waals surface area (Å²) in [6.45, 7) is 2.68. The first-order valence-corrected chi connectivity index (χ1v) is 7.94. The van der Waals surface area contributed by atoms with Gasteiger partial charge in [-0.1, -0.05) is 6.07 Å². The maximum absolute atomic E-state index is 12.7. The van der Waals surface area contributed by atoms with Gasteiger partial charge in [-0.3, -0.25) is 9.78 Å². The number of carbonyl (C=O) groups excluding carboxylic acids is 1. The van der Waals surface area contributed by atoms with Gasteiger partial charge in [-0.15, -0.1) is 0 Å². The molecule has 0 bridgehead atoms. The summed E-state index contributed by atoms with van der Waals surface area (Å²) in [6.07, 6.45) is 4.65. The van der Waals surface area contributed by atoms with Crippen LogP contribution >= 0.6 is 0 Å². The van der Waals surface area contributed by atoms with Gasteiger partial charge in [0.2, 0.25) is 0 Å². The SMILES string of the molecule is Cc1ccc(NC(=O)c2ncoc2[C@H]2CCCO2)c2cccnc12. The Morgan fingerprint density at radius 1 is 1.29 bits per heavy atom. The van der Waals surface area contributed by atoms with Crippen molar-refractivity contribution in [1.29, 1.82) is 0 Å². The van der Waals surface area contributed by atoms with E-state index in [9.17, 15) is 4.79 Å². The number of hydrogen-bond acceptors (Lipinski definition) is 5. The molecule has 0 saturated carbocycles. The molecule has 4 rings (SSSR count). The van der Waals surface area contributed by atoms with E-state index in [1.165, 1.54) is 6.39 Å². The van der Waals surface area contributed by atoms with Crippen molar-refractivity contribution < 1.29 is 13.9 Å². The number of amides is 1. The summed E-state index contributed by atoms with van der Waals surface area (Å²) in [7, 11) is 0. The van der Waals surface area contributed by atoms with E-state index in [-0.39, 0.29) is 17.7 Å². The molecule has 0 spiro atoms.